The fourth-order valence-corrected chi connectivity index (χ4v) is 4.65. The number of thiophene rings is 1. The van der Waals surface area contributed by atoms with E-state index in [0.717, 1.165) is 23.3 Å². The van der Waals surface area contributed by atoms with Crippen molar-refractivity contribution in [2.45, 2.75) is 31.8 Å². The zero-order chi connectivity index (χ0) is 25.5. The largest absolute Gasteiger partial charge is 0.493 e. The molecule has 1 aliphatic carbocycles. The van der Waals surface area contributed by atoms with E-state index in [4.69, 9.17) is 9.47 Å². The number of anilines is 1. The van der Waals surface area contributed by atoms with E-state index >= 15 is 0 Å². The van der Waals surface area contributed by atoms with Crippen molar-refractivity contribution in [3.05, 3.63) is 76.2 Å². The summed E-state index contributed by atoms with van der Waals surface area (Å²) in [5.41, 5.74) is 1.11. The Bertz CT molecular complexity index is 1180. The Morgan fingerprint density at radius 1 is 1.06 bits per heavy atom. The van der Waals surface area contributed by atoms with E-state index in [0.29, 0.717) is 31.0 Å². The number of amides is 3. The molecule has 9 heteroatoms. The number of methoxy groups -OCH3 is 2. The molecule has 0 spiro atoms. The molecule has 7 nitrogen and oxygen atoms in total. The summed E-state index contributed by atoms with van der Waals surface area (Å²) < 4.78 is 24.8. The molecule has 0 radical (unpaired) electrons. The lowest BCUT2D eigenvalue weighted by Crippen LogP contribution is -2.45. The van der Waals surface area contributed by atoms with E-state index in [2.05, 4.69) is 5.32 Å². The van der Waals surface area contributed by atoms with Gasteiger partial charge in [-0.15, -0.1) is 11.3 Å². The van der Waals surface area contributed by atoms with Gasteiger partial charge in [-0.3, -0.25) is 4.79 Å². The summed E-state index contributed by atoms with van der Waals surface area (Å²) in [6.07, 6.45) is 2.27. The highest BCUT2D eigenvalue weighted by molar-refractivity contribution is 7.09. The number of halogens is 1. The van der Waals surface area contributed by atoms with Crippen LogP contribution >= 0.6 is 11.3 Å². The van der Waals surface area contributed by atoms with Gasteiger partial charge in [0.1, 0.15) is 12.4 Å². The number of carbonyl (C=O) groups is 2. The van der Waals surface area contributed by atoms with Gasteiger partial charge < -0.3 is 24.6 Å². The first kappa shape index (κ1) is 25.5. The van der Waals surface area contributed by atoms with E-state index in [1.165, 1.54) is 17.0 Å². The Balaban J connectivity index is 1.46. The maximum atomic E-state index is 14.1. The highest BCUT2D eigenvalue weighted by atomic mass is 32.1. The van der Waals surface area contributed by atoms with Crippen molar-refractivity contribution in [3.8, 4) is 11.5 Å². The minimum Gasteiger partial charge on any atom is -0.493 e. The molecule has 1 fully saturated rings. The first-order chi connectivity index (χ1) is 17.5. The molecule has 1 aliphatic rings. The number of para-hydroxylation sites is 1. The van der Waals surface area contributed by atoms with Crippen LogP contribution in [0.25, 0.3) is 0 Å². The second-order valence-corrected chi connectivity index (χ2v) is 9.64. The number of ether oxygens (including phenoxy) is 2. The molecule has 0 atom stereocenters. The average Bonchev–Trinajstić information content (AvgIpc) is 3.60. The summed E-state index contributed by atoms with van der Waals surface area (Å²) in [6.45, 7) is 0.860. The summed E-state index contributed by atoms with van der Waals surface area (Å²) in [6, 6.07) is 15.2. The molecule has 1 aromatic heterocycles. The number of rotatable bonds is 11. The van der Waals surface area contributed by atoms with Crippen LogP contribution in [0, 0.1) is 5.82 Å². The Kier molecular flexibility index (Phi) is 8.43. The molecule has 0 saturated heterocycles. The van der Waals surface area contributed by atoms with Gasteiger partial charge >= 0.3 is 6.03 Å². The normalized spacial score (nSPS) is 12.6. The molecule has 1 heterocycles. The van der Waals surface area contributed by atoms with Crippen molar-refractivity contribution in [1.82, 2.24) is 9.80 Å². The van der Waals surface area contributed by atoms with Crippen molar-refractivity contribution >= 4 is 29.0 Å². The van der Waals surface area contributed by atoms with Gasteiger partial charge in [-0.05, 0) is 60.5 Å². The molecular formula is C27H30FN3O4S. The van der Waals surface area contributed by atoms with Crippen LogP contribution in [0.1, 0.15) is 23.3 Å². The molecule has 3 aromatic rings. The predicted octanol–water partition coefficient (Wildman–Crippen LogP) is 5.17. The maximum absolute atomic E-state index is 14.1. The molecule has 0 bridgehead atoms. The monoisotopic (exact) mass is 511 g/mol. The Morgan fingerprint density at radius 3 is 2.50 bits per heavy atom. The molecule has 0 unspecified atom stereocenters. The smallest absolute Gasteiger partial charge is 0.322 e. The summed E-state index contributed by atoms with van der Waals surface area (Å²) >= 11 is 1.58. The first-order valence-electron chi connectivity index (χ1n) is 11.8. The fraction of sp³-hybridized carbons (Fsp3) is 0.333. The van der Waals surface area contributed by atoms with E-state index in [-0.39, 0.29) is 24.2 Å². The van der Waals surface area contributed by atoms with Gasteiger partial charge in [0.15, 0.2) is 11.5 Å². The molecular weight excluding hydrogens is 481 g/mol. The summed E-state index contributed by atoms with van der Waals surface area (Å²) in [7, 11) is 3.18. The van der Waals surface area contributed by atoms with Crippen LogP contribution in [0.3, 0.4) is 0 Å². The van der Waals surface area contributed by atoms with Crippen LogP contribution in [0.5, 0.6) is 11.5 Å². The van der Waals surface area contributed by atoms with Gasteiger partial charge in [0.05, 0.1) is 26.5 Å². The van der Waals surface area contributed by atoms with Crippen molar-refractivity contribution in [2.24, 2.45) is 0 Å². The highest BCUT2D eigenvalue weighted by Crippen LogP contribution is 2.29. The lowest BCUT2D eigenvalue weighted by Gasteiger charge is -2.28. The molecule has 2 aromatic carbocycles. The number of carbonyl (C=O) groups excluding carboxylic acids is 2. The SMILES string of the molecule is COc1ccc(CCN(Cc2cccs2)C(=O)CN(C(=O)Nc2ccccc2F)C2CC2)cc1OC. The van der Waals surface area contributed by atoms with E-state index < -0.39 is 11.8 Å². The zero-order valence-electron chi connectivity index (χ0n) is 20.4. The lowest BCUT2D eigenvalue weighted by molar-refractivity contribution is -0.132. The molecule has 190 valence electrons. The topological polar surface area (TPSA) is 71.1 Å². The second kappa shape index (κ2) is 11.9. The van der Waals surface area contributed by atoms with Gasteiger partial charge in [0.25, 0.3) is 0 Å². The lowest BCUT2D eigenvalue weighted by atomic mass is 10.1. The minimum absolute atomic E-state index is 0.0184. The van der Waals surface area contributed by atoms with Crippen LogP contribution in [-0.4, -0.2) is 55.1 Å². The molecule has 1 saturated carbocycles. The predicted molar refractivity (Wildman–Crippen MR) is 138 cm³/mol. The third kappa shape index (κ3) is 6.54. The van der Waals surface area contributed by atoms with Crippen LogP contribution in [0.2, 0.25) is 0 Å². The van der Waals surface area contributed by atoms with Crippen LogP contribution in [-0.2, 0) is 17.8 Å². The number of nitrogens with one attached hydrogen (secondary N) is 1. The number of urea groups is 1. The van der Waals surface area contributed by atoms with E-state index in [9.17, 15) is 14.0 Å². The summed E-state index contributed by atoms with van der Waals surface area (Å²) in [5, 5.41) is 4.60. The van der Waals surface area contributed by atoms with Crippen LogP contribution < -0.4 is 14.8 Å². The standard InChI is InChI=1S/C27H30FN3O4S/c1-34-24-12-9-19(16-25(24)35-2)13-14-30(17-21-6-5-15-36-21)26(32)18-31(20-10-11-20)27(33)29-23-8-4-3-7-22(23)28/h3-9,12,15-16,20H,10-11,13-14,17-18H2,1-2H3,(H,29,33). The third-order valence-electron chi connectivity index (χ3n) is 6.07. The minimum atomic E-state index is -0.512. The van der Waals surface area contributed by atoms with Gasteiger partial charge in [0.2, 0.25) is 5.91 Å². The van der Waals surface area contributed by atoms with Gasteiger partial charge in [-0.25, -0.2) is 9.18 Å². The maximum Gasteiger partial charge on any atom is 0.322 e. The highest BCUT2D eigenvalue weighted by Gasteiger charge is 2.35. The van der Waals surface area contributed by atoms with E-state index in [1.54, 1.807) is 42.6 Å². The van der Waals surface area contributed by atoms with Crippen LogP contribution in [0.4, 0.5) is 14.9 Å². The first-order valence-corrected chi connectivity index (χ1v) is 12.7. The average molecular weight is 512 g/mol. The molecule has 1 N–H and O–H groups in total. The number of hydrogen-bond acceptors (Lipinski definition) is 5. The van der Waals surface area contributed by atoms with Gasteiger partial charge in [0, 0.05) is 17.5 Å². The third-order valence-corrected chi connectivity index (χ3v) is 6.93. The fourth-order valence-electron chi connectivity index (χ4n) is 3.93. The van der Waals surface area contributed by atoms with Gasteiger partial charge in [-0.1, -0.05) is 24.3 Å². The summed E-state index contributed by atoms with van der Waals surface area (Å²) in [5.74, 6) is 0.617. The second-order valence-electron chi connectivity index (χ2n) is 8.60. The van der Waals surface area contributed by atoms with Crippen molar-refractivity contribution in [1.29, 1.82) is 0 Å². The quantitative estimate of drug-likeness (QED) is 0.386. The Labute approximate surface area is 214 Å². The van der Waals surface area contributed by atoms with Crippen molar-refractivity contribution < 1.29 is 23.5 Å². The summed E-state index contributed by atoms with van der Waals surface area (Å²) in [4.78, 5) is 30.8. The number of benzene rings is 2. The molecule has 3 amide bonds. The number of hydrogen-bond donors (Lipinski definition) is 1. The van der Waals surface area contributed by atoms with Crippen molar-refractivity contribution in [2.75, 3.05) is 32.6 Å². The van der Waals surface area contributed by atoms with Crippen molar-refractivity contribution in [3.63, 3.8) is 0 Å². The Hall–Kier alpha value is -3.59. The van der Waals surface area contributed by atoms with Gasteiger partial charge in [-0.2, -0.15) is 0 Å². The molecule has 0 aliphatic heterocycles. The number of nitrogens with zero attached hydrogens (tertiary/aromatic N) is 2. The molecule has 36 heavy (non-hydrogen) atoms. The molecule has 4 rings (SSSR count). The van der Waals surface area contributed by atoms with E-state index in [1.807, 2.05) is 35.7 Å². The zero-order valence-corrected chi connectivity index (χ0v) is 21.2. The Morgan fingerprint density at radius 2 is 1.83 bits per heavy atom. The van der Waals surface area contributed by atoms with Crippen LogP contribution in [0.15, 0.2) is 60.0 Å².